The summed E-state index contributed by atoms with van der Waals surface area (Å²) >= 11 is 0. The van der Waals surface area contributed by atoms with Gasteiger partial charge in [0.15, 0.2) is 0 Å². The second-order valence-corrected chi connectivity index (χ2v) is 5.78. The zero-order valence-corrected chi connectivity index (χ0v) is 15.7. The first-order valence-corrected chi connectivity index (χ1v) is 8.95. The smallest absolute Gasteiger partial charge is 0.305 e. The number of ether oxygens (including phenoxy) is 1. The maximum Gasteiger partial charge on any atom is 0.305 e. The minimum absolute atomic E-state index is 0.269. The van der Waals surface area contributed by atoms with Crippen molar-refractivity contribution in [1.29, 1.82) is 0 Å². The topological polar surface area (TPSA) is 87.0 Å². The molecule has 0 heterocycles. The monoisotopic (exact) mass is 364 g/mol. The Kier molecular flexibility index (Phi) is 15.3. The van der Waals surface area contributed by atoms with Crippen LogP contribution in [0.25, 0.3) is 0 Å². The van der Waals surface area contributed by atoms with E-state index in [1.807, 2.05) is 13.0 Å². The summed E-state index contributed by atoms with van der Waals surface area (Å²) in [5.74, 6) is -0.269. The highest BCUT2D eigenvalue weighted by Crippen LogP contribution is 2.03. The van der Waals surface area contributed by atoms with Crippen molar-refractivity contribution in [3.8, 4) is 0 Å². The van der Waals surface area contributed by atoms with E-state index in [1.165, 1.54) is 7.11 Å². The van der Waals surface area contributed by atoms with Gasteiger partial charge in [0, 0.05) is 6.42 Å². The van der Waals surface area contributed by atoms with Gasteiger partial charge >= 0.3 is 5.97 Å². The lowest BCUT2D eigenvalue weighted by atomic mass is 10.1. The Morgan fingerprint density at radius 3 is 2.08 bits per heavy atom. The van der Waals surface area contributed by atoms with Crippen LogP contribution < -0.4 is 0 Å². The summed E-state index contributed by atoms with van der Waals surface area (Å²) in [6.07, 6.45) is 18.4. The highest BCUT2D eigenvalue weighted by Gasteiger charge is 2.03. The van der Waals surface area contributed by atoms with Crippen LogP contribution in [0.5, 0.6) is 0 Å². The summed E-state index contributed by atoms with van der Waals surface area (Å²) in [7, 11) is 1.35. The molecule has 0 saturated heterocycles. The number of hydrogen-bond donors (Lipinski definition) is 3. The second-order valence-electron chi connectivity index (χ2n) is 5.78. The Morgan fingerprint density at radius 2 is 1.46 bits per heavy atom. The first-order chi connectivity index (χ1) is 12.5. The van der Waals surface area contributed by atoms with Gasteiger partial charge in [-0.2, -0.15) is 0 Å². The molecule has 0 fully saturated rings. The fraction of sp³-hybridized carbons (Fsp3) is 0.476. The molecule has 0 amide bonds. The molecule has 3 atom stereocenters. The number of aliphatic hydroxyl groups is 3. The first-order valence-electron chi connectivity index (χ1n) is 8.95. The molecule has 0 aliphatic heterocycles. The fourth-order valence-corrected chi connectivity index (χ4v) is 1.87. The van der Waals surface area contributed by atoms with Crippen LogP contribution in [0.1, 0.15) is 39.0 Å². The van der Waals surface area contributed by atoms with Gasteiger partial charge in [0.05, 0.1) is 25.4 Å². The normalized spacial score (nSPS) is 16.3. The Labute approximate surface area is 156 Å². The van der Waals surface area contributed by atoms with E-state index in [9.17, 15) is 20.1 Å². The maximum atomic E-state index is 10.9. The minimum atomic E-state index is -0.594. The molecule has 3 unspecified atom stereocenters. The third-order valence-electron chi connectivity index (χ3n) is 3.48. The third kappa shape index (κ3) is 15.6. The van der Waals surface area contributed by atoms with E-state index in [2.05, 4.69) is 4.74 Å². The number of carbonyl (C=O) groups excluding carboxylic acids is 1. The Hall–Kier alpha value is -1.95. The molecule has 26 heavy (non-hydrogen) atoms. The first kappa shape index (κ1) is 24.1. The molecule has 0 aromatic rings. The zero-order chi connectivity index (χ0) is 19.6. The van der Waals surface area contributed by atoms with Crippen molar-refractivity contribution >= 4 is 5.97 Å². The highest BCUT2D eigenvalue weighted by atomic mass is 16.5. The van der Waals surface area contributed by atoms with Crippen molar-refractivity contribution < 1.29 is 24.9 Å². The predicted octanol–water partition coefficient (Wildman–Crippen LogP) is 2.99. The van der Waals surface area contributed by atoms with Gasteiger partial charge in [0.25, 0.3) is 0 Å². The molecule has 0 rings (SSSR count). The SMILES string of the molecule is CCC(O)C=CC=CCC(O)C=CC=CC=CC(O)CCCC(=O)OC. The van der Waals surface area contributed by atoms with Crippen LogP contribution in [0.3, 0.4) is 0 Å². The van der Waals surface area contributed by atoms with Gasteiger partial charge in [-0.05, 0) is 25.7 Å². The summed E-state index contributed by atoms with van der Waals surface area (Å²) in [4.78, 5) is 10.9. The highest BCUT2D eigenvalue weighted by molar-refractivity contribution is 5.68. The van der Waals surface area contributed by atoms with Crippen LogP contribution in [0.4, 0.5) is 0 Å². The molecular weight excluding hydrogens is 332 g/mol. The van der Waals surface area contributed by atoms with Crippen molar-refractivity contribution in [3.05, 3.63) is 60.8 Å². The summed E-state index contributed by atoms with van der Waals surface area (Å²) in [5.41, 5.74) is 0. The number of methoxy groups -OCH3 is 1. The van der Waals surface area contributed by atoms with Crippen molar-refractivity contribution in [3.63, 3.8) is 0 Å². The standard InChI is InChI=1S/C21H32O5/c1-3-18(22)12-9-6-10-15-19(23)13-7-4-5-8-14-20(24)16-11-17-21(25)26-2/h4-10,12-14,18-20,22-24H,3,11,15-17H2,1-2H3. The van der Waals surface area contributed by atoms with Crippen LogP contribution in [0.15, 0.2) is 60.8 Å². The van der Waals surface area contributed by atoms with Crippen molar-refractivity contribution in [2.24, 2.45) is 0 Å². The van der Waals surface area contributed by atoms with Crippen LogP contribution in [0.2, 0.25) is 0 Å². The molecule has 5 nitrogen and oxygen atoms in total. The fourth-order valence-electron chi connectivity index (χ4n) is 1.87. The van der Waals surface area contributed by atoms with Gasteiger partial charge < -0.3 is 20.1 Å². The van der Waals surface area contributed by atoms with E-state index in [0.29, 0.717) is 32.1 Å². The Morgan fingerprint density at radius 1 is 0.885 bits per heavy atom. The van der Waals surface area contributed by atoms with Crippen LogP contribution in [-0.4, -0.2) is 46.7 Å². The number of carbonyl (C=O) groups is 1. The van der Waals surface area contributed by atoms with Crippen molar-refractivity contribution in [1.82, 2.24) is 0 Å². The summed E-state index contributed by atoms with van der Waals surface area (Å²) < 4.78 is 4.53. The van der Waals surface area contributed by atoms with E-state index in [0.717, 1.165) is 0 Å². The quantitative estimate of drug-likeness (QED) is 0.345. The van der Waals surface area contributed by atoms with Crippen LogP contribution in [0, 0.1) is 0 Å². The van der Waals surface area contributed by atoms with Gasteiger partial charge in [-0.1, -0.05) is 67.7 Å². The lowest BCUT2D eigenvalue weighted by Crippen LogP contribution is -2.05. The van der Waals surface area contributed by atoms with E-state index in [-0.39, 0.29) is 5.97 Å². The van der Waals surface area contributed by atoms with Crippen molar-refractivity contribution in [2.45, 2.75) is 57.3 Å². The number of allylic oxidation sites excluding steroid dienone is 6. The molecule has 5 heteroatoms. The Balaban J connectivity index is 3.95. The number of hydrogen-bond acceptors (Lipinski definition) is 5. The summed E-state index contributed by atoms with van der Waals surface area (Å²) in [6, 6.07) is 0. The van der Waals surface area contributed by atoms with Crippen LogP contribution >= 0.6 is 0 Å². The Bertz CT molecular complexity index is 503. The summed E-state index contributed by atoms with van der Waals surface area (Å²) in [6.45, 7) is 1.90. The maximum absolute atomic E-state index is 10.9. The molecule has 0 radical (unpaired) electrons. The molecule has 0 aromatic heterocycles. The van der Waals surface area contributed by atoms with Crippen LogP contribution in [-0.2, 0) is 9.53 Å². The summed E-state index contributed by atoms with van der Waals surface area (Å²) in [5, 5.41) is 28.8. The molecular formula is C21H32O5. The molecule has 0 aliphatic rings. The average molecular weight is 364 g/mol. The largest absolute Gasteiger partial charge is 0.469 e. The predicted molar refractivity (Wildman–Crippen MR) is 104 cm³/mol. The number of rotatable bonds is 13. The van der Waals surface area contributed by atoms with E-state index < -0.39 is 18.3 Å². The molecule has 0 aliphatic carbocycles. The van der Waals surface area contributed by atoms with Gasteiger partial charge in [-0.15, -0.1) is 0 Å². The van der Waals surface area contributed by atoms with Gasteiger partial charge in [-0.3, -0.25) is 4.79 Å². The molecule has 146 valence electrons. The minimum Gasteiger partial charge on any atom is -0.469 e. The molecule has 0 bridgehead atoms. The van der Waals surface area contributed by atoms with E-state index in [4.69, 9.17) is 0 Å². The molecule has 3 N–H and O–H groups in total. The van der Waals surface area contributed by atoms with Gasteiger partial charge in [0.2, 0.25) is 0 Å². The van der Waals surface area contributed by atoms with Crippen molar-refractivity contribution in [2.75, 3.05) is 7.11 Å². The second kappa shape index (κ2) is 16.5. The molecule has 0 saturated carbocycles. The zero-order valence-electron chi connectivity index (χ0n) is 15.7. The lowest BCUT2D eigenvalue weighted by Gasteiger charge is -2.03. The lowest BCUT2D eigenvalue weighted by molar-refractivity contribution is -0.140. The third-order valence-corrected chi connectivity index (χ3v) is 3.48. The molecule has 0 aromatic carbocycles. The van der Waals surface area contributed by atoms with E-state index >= 15 is 0 Å². The number of esters is 1. The average Bonchev–Trinajstić information content (AvgIpc) is 2.63. The van der Waals surface area contributed by atoms with E-state index in [1.54, 1.807) is 54.7 Å². The number of aliphatic hydroxyl groups excluding tert-OH is 3. The van der Waals surface area contributed by atoms with Gasteiger partial charge in [0.1, 0.15) is 0 Å². The van der Waals surface area contributed by atoms with Gasteiger partial charge in [-0.25, -0.2) is 0 Å². The molecule has 0 spiro atoms.